The Hall–Kier alpha value is -2.35. The van der Waals surface area contributed by atoms with E-state index in [1.165, 1.54) is 12.1 Å². The quantitative estimate of drug-likeness (QED) is 0.460. The van der Waals surface area contributed by atoms with Gasteiger partial charge < -0.3 is 10.7 Å². The second-order valence-corrected chi connectivity index (χ2v) is 4.38. The van der Waals surface area contributed by atoms with Crippen molar-refractivity contribution in [2.45, 2.75) is 13.1 Å². The Labute approximate surface area is 118 Å². The number of halogens is 4. The van der Waals surface area contributed by atoms with Gasteiger partial charge >= 0.3 is 6.18 Å². The molecule has 0 saturated heterocycles. The number of rotatable bonds is 3. The molecular weight excluding hydrogens is 288 g/mol. The van der Waals surface area contributed by atoms with Gasteiger partial charge in [-0.25, -0.2) is 15.2 Å². The van der Waals surface area contributed by atoms with Crippen LogP contribution in [0.4, 0.5) is 34.9 Å². The van der Waals surface area contributed by atoms with Gasteiger partial charge in [0.25, 0.3) is 0 Å². The molecule has 0 unspecified atom stereocenters. The Bertz CT molecular complexity index is 655. The average Bonchev–Trinajstić information content (AvgIpc) is 2.41. The van der Waals surface area contributed by atoms with Crippen molar-refractivity contribution in [3.8, 4) is 0 Å². The number of nitrogens with zero attached hydrogens (tertiary/aromatic N) is 1. The zero-order chi connectivity index (χ0) is 15.6. The van der Waals surface area contributed by atoms with E-state index in [1.54, 1.807) is 13.0 Å². The van der Waals surface area contributed by atoms with Crippen LogP contribution >= 0.6 is 0 Å². The molecule has 0 saturated carbocycles. The van der Waals surface area contributed by atoms with E-state index in [9.17, 15) is 17.6 Å². The van der Waals surface area contributed by atoms with Crippen LogP contribution in [0.5, 0.6) is 0 Å². The van der Waals surface area contributed by atoms with Gasteiger partial charge in [-0.1, -0.05) is 6.07 Å². The minimum Gasteiger partial charge on any atom is -0.338 e. The van der Waals surface area contributed by atoms with E-state index < -0.39 is 17.6 Å². The fraction of sp³-hybridized carbons (Fsp3) is 0.154. The molecule has 0 aliphatic rings. The number of nitrogens with two attached hydrogens (primary N) is 1. The number of benzene rings is 1. The van der Waals surface area contributed by atoms with Gasteiger partial charge in [0.15, 0.2) is 0 Å². The fourth-order valence-electron chi connectivity index (χ4n) is 1.71. The molecule has 4 nitrogen and oxygen atoms in total. The normalized spacial score (nSPS) is 11.3. The lowest BCUT2D eigenvalue weighted by Crippen LogP contribution is -2.13. The lowest BCUT2D eigenvalue weighted by atomic mass is 10.2. The Morgan fingerprint density at radius 3 is 2.38 bits per heavy atom. The van der Waals surface area contributed by atoms with Crippen molar-refractivity contribution in [3.63, 3.8) is 0 Å². The van der Waals surface area contributed by atoms with E-state index in [1.807, 2.05) is 5.43 Å². The number of nitrogens with one attached hydrogen (secondary N) is 2. The van der Waals surface area contributed by atoms with E-state index in [2.05, 4.69) is 10.3 Å². The Kier molecular flexibility index (Phi) is 3.99. The molecule has 0 spiro atoms. The van der Waals surface area contributed by atoms with Crippen molar-refractivity contribution in [1.82, 2.24) is 4.98 Å². The third-order valence-corrected chi connectivity index (χ3v) is 2.69. The number of nitrogen functional groups attached to an aromatic ring is 1. The Balaban J connectivity index is 2.42. The summed E-state index contributed by atoms with van der Waals surface area (Å²) in [4.78, 5) is 3.82. The zero-order valence-corrected chi connectivity index (χ0v) is 10.9. The first-order valence-corrected chi connectivity index (χ1v) is 5.88. The topological polar surface area (TPSA) is 63.0 Å². The molecule has 8 heteroatoms. The molecule has 2 rings (SSSR count). The van der Waals surface area contributed by atoms with Crippen molar-refractivity contribution >= 4 is 17.3 Å². The summed E-state index contributed by atoms with van der Waals surface area (Å²) in [7, 11) is 0. The fourth-order valence-corrected chi connectivity index (χ4v) is 1.71. The Morgan fingerprint density at radius 1 is 1.10 bits per heavy atom. The second kappa shape index (κ2) is 5.57. The highest BCUT2D eigenvalue weighted by molar-refractivity contribution is 5.60. The SMILES string of the molecule is Cc1ccc(F)c(Nc2cc(C(F)(F)F)cc(NN)n2)c1. The van der Waals surface area contributed by atoms with Crippen molar-refractivity contribution in [1.29, 1.82) is 0 Å². The van der Waals surface area contributed by atoms with Crippen LogP contribution in [0.1, 0.15) is 11.1 Å². The highest BCUT2D eigenvalue weighted by atomic mass is 19.4. The van der Waals surface area contributed by atoms with Gasteiger partial charge in [0.2, 0.25) is 0 Å². The van der Waals surface area contributed by atoms with E-state index in [4.69, 9.17) is 5.84 Å². The molecule has 2 aromatic rings. The smallest absolute Gasteiger partial charge is 0.338 e. The standard InChI is InChI=1S/C13H12F4N4/c1-7-2-3-9(14)10(4-7)19-11-5-8(13(15,16)17)6-12(20-11)21-18/h2-6H,18H2,1H3,(H2,19,20,21). The summed E-state index contributed by atoms with van der Waals surface area (Å²) in [6.45, 7) is 1.73. The lowest BCUT2D eigenvalue weighted by molar-refractivity contribution is -0.137. The summed E-state index contributed by atoms with van der Waals surface area (Å²) in [6, 6.07) is 5.77. The van der Waals surface area contributed by atoms with Crippen LogP contribution in [-0.4, -0.2) is 4.98 Å². The van der Waals surface area contributed by atoms with Gasteiger partial charge in [0.1, 0.15) is 17.5 Å². The first kappa shape index (κ1) is 15.0. The summed E-state index contributed by atoms with van der Waals surface area (Å²) in [5.41, 5.74) is 1.89. The maximum absolute atomic E-state index is 13.6. The molecule has 0 aliphatic heterocycles. The van der Waals surface area contributed by atoms with Crippen LogP contribution < -0.4 is 16.6 Å². The summed E-state index contributed by atoms with van der Waals surface area (Å²) >= 11 is 0. The van der Waals surface area contributed by atoms with E-state index >= 15 is 0 Å². The highest BCUT2D eigenvalue weighted by Gasteiger charge is 2.31. The molecule has 1 aromatic carbocycles. The largest absolute Gasteiger partial charge is 0.416 e. The van der Waals surface area contributed by atoms with Crippen molar-refractivity contribution < 1.29 is 17.6 Å². The molecule has 0 radical (unpaired) electrons. The van der Waals surface area contributed by atoms with Crippen LogP contribution in [-0.2, 0) is 6.18 Å². The summed E-state index contributed by atoms with van der Waals surface area (Å²) < 4.78 is 51.9. The molecule has 1 aromatic heterocycles. The number of aromatic nitrogens is 1. The lowest BCUT2D eigenvalue weighted by Gasteiger charge is -2.13. The second-order valence-electron chi connectivity index (χ2n) is 4.38. The van der Waals surface area contributed by atoms with E-state index in [0.29, 0.717) is 0 Å². The molecule has 0 aliphatic carbocycles. The number of anilines is 3. The van der Waals surface area contributed by atoms with Gasteiger partial charge in [-0.05, 0) is 36.8 Å². The number of pyridine rings is 1. The first-order chi connectivity index (χ1) is 9.79. The predicted molar refractivity (Wildman–Crippen MR) is 71.5 cm³/mol. The maximum Gasteiger partial charge on any atom is 0.416 e. The number of alkyl halides is 3. The number of aryl methyl sites for hydroxylation is 1. The molecule has 0 atom stereocenters. The van der Waals surface area contributed by atoms with Gasteiger partial charge in [-0.2, -0.15) is 13.2 Å². The number of hydrogen-bond acceptors (Lipinski definition) is 4. The highest BCUT2D eigenvalue weighted by Crippen LogP contribution is 2.32. The predicted octanol–water partition coefficient (Wildman–Crippen LogP) is 3.58. The minimum absolute atomic E-state index is 0.0322. The molecule has 0 amide bonds. The number of hydrogen-bond donors (Lipinski definition) is 3. The summed E-state index contributed by atoms with van der Waals surface area (Å²) in [5, 5.41) is 2.52. The van der Waals surface area contributed by atoms with Gasteiger partial charge in [-0.3, -0.25) is 0 Å². The average molecular weight is 300 g/mol. The molecule has 0 bridgehead atoms. The number of hydrazine groups is 1. The van der Waals surface area contributed by atoms with Crippen LogP contribution in [0, 0.1) is 12.7 Å². The summed E-state index contributed by atoms with van der Waals surface area (Å²) in [5.74, 6) is 4.16. The Morgan fingerprint density at radius 2 is 1.76 bits per heavy atom. The van der Waals surface area contributed by atoms with E-state index in [-0.39, 0.29) is 17.3 Å². The van der Waals surface area contributed by atoms with Crippen LogP contribution in [0.25, 0.3) is 0 Å². The molecule has 0 fully saturated rings. The van der Waals surface area contributed by atoms with Gasteiger partial charge in [0.05, 0.1) is 11.3 Å². The summed E-state index contributed by atoms with van der Waals surface area (Å²) in [6.07, 6.45) is -4.56. The van der Waals surface area contributed by atoms with Crippen molar-refractivity contribution in [2.24, 2.45) is 5.84 Å². The van der Waals surface area contributed by atoms with Crippen molar-refractivity contribution in [2.75, 3.05) is 10.7 Å². The zero-order valence-electron chi connectivity index (χ0n) is 10.9. The molecule has 112 valence electrons. The van der Waals surface area contributed by atoms with Crippen molar-refractivity contribution in [3.05, 3.63) is 47.3 Å². The first-order valence-electron chi connectivity index (χ1n) is 5.88. The third-order valence-electron chi connectivity index (χ3n) is 2.69. The maximum atomic E-state index is 13.6. The van der Waals surface area contributed by atoms with Gasteiger partial charge in [0, 0.05) is 0 Å². The van der Waals surface area contributed by atoms with Crippen LogP contribution in [0.2, 0.25) is 0 Å². The monoisotopic (exact) mass is 300 g/mol. The van der Waals surface area contributed by atoms with Crippen LogP contribution in [0.15, 0.2) is 30.3 Å². The van der Waals surface area contributed by atoms with Gasteiger partial charge in [-0.15, -0.1) is 0 Å². The molecule has 4 N–H and O–H groups in total. The molecular formula is C13H12F4N4. The minimum atomic E-state index is -4.56. The third kappa shape index (κ3) is 3.60. The molecule has 21 heavy (non-hydrogen) atoms. The van der Waals surface area contributed by atoms with Crippen LogP contribution in [0.3, 0.4) is 0 Å². The molecule has 1 heterocycles. The van der Waals surface area contributed by atoms with E-state index in [0.717, 1.165) is 17.7 Å².